The molecular weight excluding hydrogens is 332 g/mol. The largest absolute Gasteiger partial charge is 0.309 e. The highest BCUT2D eigenvalue weighted by atomic mass is 35.5. The van der Waals surface area contributed by atoms with Crippen LogP contribution < -0.4 is 0 Å². The van der Waals surface area contributed by atoms with Crippen molar-refractivity contribution in [2.24, 2.45) is 4.99 Å². The molecule has 0 atom stereocenters. The lowest BCUT2D eigenvalue weighted by Gasteiger charge is -2.15. The molecule has 0 spiro atoms. The molecule has 9 heteroatoms. The molecule has 0 saturated heterocycles. The average Bonchev–Trinajstić information content (AvgIpc) is 3.04. The monoisotopic (exact) mass is 344 g/mol. The van der Waals surface area contributed by atoms with Gasteiger partial charge < -0.3 is 0 Å². The molecule has 21 heavy (non-hydrogen) atoms. The van der Waals surface area contributed by atoms with E-state index in [4.69, 9.17) is 11.6 Å². The van der Waals surface area contributed by atoms with Gasteiger partial charge in [0.1, 0.15) is 5.04 Å². The van der Waals surface area contributed by atoms with Crippen LogP contribution in [0.2, 0.25) is 5.02 Å². The lowest BCUT2D eigenvalue weighted by Crippen LogP contribution is -2.30. The SMILES string of the molecule is CN(C)S(=O)(=O)n1c(C2=NCCS2)nc2cc(Cl)ccc21. The van der Waals surface area contributed by atoms with Gasteiger partial charge in [0, 0.05) is 31.4 Å². The number of nitrogens with zero attached hydrogens (tertiary/aromatic N) is 4. The standard InChI is InChI=1S/C12H13ClN4O2S2/c1-16(2)21(18,19)17-10-4-3-8(13)7-9(10)15-11(17)12-14-5-6-20-12/h3-4,7H,5-6H2,1-2H3. The zero-order valence-electron chi connectivity index (χ0n) is 11.4. The summed E-state index contributed by atoms with van der Waals surface area (Å²) in [4.78, 5) is 8.76. The normalized spacial score (nSPS) is 15.9. The molecule has 0 N–H and O–H groups in total. The number of aliphatic imine (C=N–C) groups is 1. The highest BCUT2D eigenvalue weighted by Crippen LogP contribution is 2.27. The summed E-state index contributed by atoms with van der Waals surface area (Å²) in [6, 6.07) is 4.97. The molecule has 0 bridgehead atoms. The molecule has 112 valence electrons. The minimum atomic E-state index is -3.69. The number of hydrogen-bond donors (Lipinski definition) is 0. The van der Waals surface area contributed by atoms with E-state index in [1.54, 1.807) is 18.2 Å². The fraction of sp³-hybridized carbons (Fsp3) is 0.333. The van der Waals surface area contributed by atoms with Gasteiger partial charge in [-0.25, -0.2) is 8.96 Å². The number of benzene rings is 1. The minimum Gasteiger partial charge on any atom is -0.274 e. The first-order valence-electron chi connectivity index (χ1n) is 6.20. The van der Waals surface area contributed by atoms with Crippen LogP contribution >= 0.6 is 23.4 Å². The van der Waals surface area contributed by atoms with Crippen molar-refractivity contribution >= 4 is 49.6 Å². The Morgan fingerprint density at radius 2 is 2.14 bits per heavy atom. The van der Waals surface area contributed by atoms with Crippen molar-refractivity contribution in [3.05, 3.63) is 29.0 Å². The van der Waals surface area contributed by atoms with Crippen LogP contribution in [0.3, 0.4) is 0 Å². The van der Waals surface area contributed by atoms with E-state index in [9.17, 15) is 8.42 Å². The zero-order chi connectivity index (χ0) is 15.2. The van der Waals surface area contributed by atoms with Crippen LogP contribution in [0.15, 0.2) is 23.2 Å². The zero-order valence-corrected chi connectivity index (χ0v) is 13.8. The van der Waals surface area contributed by atoms with Crippen LogP contribution in [0.25, 0.3) is 11.0 Å². The van der Waals surface area contributed by atoms with E-state index in [1.807, 2.05) is 0 Å². The fourth-order valence-electron chi connectivity index (χ4n) is 2.03. The second kappa shape index (κ2) is 5.28. The van der Waals surface area contributed by atoms with Gasteiger partial charge in [-0.2, -0.15) is 12.7 Å². The predicted molar refractivity (Wildman–Crippen MR) is 86.6 cm³/mol. The van der Waals surface area contributed by atoms with Crippen molar-refractivity contribution in [2.45, 2.75) is 0 Å². The van der Waals surface area contributed by atoms with Crippen molar-refractivity contribution < 1.29 is 8.42 Å². The van der Waals surface area contributed by atoms with E-state index >= 15 is 0 Å². The Labute approximate surface area is 132 Å². The highest BCUT2D eigenvalue weighted by molar-refractivity contribution is 8.14. The van der Waals surface area contributed by atoms with Gasteiger partial charge in [0.05, 0.1) is 11.0 Å². The number of thioether (sulfide) groups is 1. The van der Waals surface area contributed by atoms with Gasteiger partial charge in [-0.15, -0.1) is 11.8 Å². The van der Waals surface area contributed by atoms with Crippen molar-refractivity contribution in [1.29, 1.82) is 0 Å². The maximum absolute atomic E-state index is 12.6. The van der Waals surface area contributed by atoms with Crippen LogP contribution in [-0.2, 0) is 10.2 Å². The second-order valence-electron chi connectivity index (χ2n) is 4.66. The van der Waals surface area contributed by atoms with Gasteiger partial charge >= 0.3 is 10.2 Å². The molecule has 2 aromatic rings. The Balaban J connectivity index is 2.36. The second-order valence-corrected chi connectivity index (χ2v) is 8.17. The molecule has 1 aliphatic rings. The smallest absolute Gasteiger partial charge is 0.274 e. The molecule has 0 fully saturated rings. The van der Waals surface area contributed by atoms with Gasteiger partial charge in [0.2, 0.25) is 0 Å². The lowest BCUT2D eigenvalue weighted by atomic mass is 10.3. The maximum atomic E-state index is 12.6. The summed E-state index contributed by atoms with van der Waals surface area (Å²) >= 11 is 7.48. The fourth-order valence-corrected chi connectivity index (χ4v) is 4.16. The Morgan fingerprint density at radius 3 is 2.76 bits per heavy atom. The summed E-state index contributed by atoms with van der Waals surface area (Å²) in [5.41, 5.74) is 1.04. The van der Waals surface area contributed by atoms with Crippen molar-refractivity contribution in [3.8, 4) is 0 Å². The Kier molecular flexibility index (Phi) is 3.73. The predicted octanol–water partition coefficient (Wildman–Crippen LogP) is 1.84. The molecular formula is C12H13ClN4O2S2. The Hall–Kier alpha value is -1.09. The van der Waals surface area contributed by atoms with Crippen LogP contribution in [0.1, 0.15) is 5.82 Å². The number of fused-ring (bicyclic) bond motifs is 1. The first-order chi connectivity index (χ1) is 9.91. The first-order valence-corrected chi connectivity index (χ1v) is 8.96. The van der Waals surface area contributed by atoms with Gasteiger partial charge in [0.15, 0.2) is 5.82 Å². The minimum absolute atomic E-state index is 0.350. The van der Waals surface area contributed by atoms with E-state index in [0.29, 0.717) is 33.5 Å². The van der Waals surface area contributed by atoms with Crippen LogP contribution in [0.5, 0.6) is 0 Å². The van der Waals surface area contributed by atoms with Gasteiger partial charge in [-0.1, -0.05) is 11.6 Å². The molecule has 1 aliphatic heterocycles. The lowest BCUT2D eigenvalue weighted by molar-refractivity contribution is 0.512. The third kappa shape index (κ3) is 2.46. The molecule has 1 aromatic carbocycles. The third-order valence-corrected chi connectivity index (χ3v) is 6.00. The van der Waals surface area contributed by atoms with Gasteiger partial charge in [-0.3, -0.25) is 4.99 Å². The van der Waals surface area contributed by atoms with Crippen LogP contribution in [0.4, 0.5) is 0 Å². The number of aromatic nitrogens is 2. The summed E-state index contributed by atoms with van der Waals surface area (Å²) in [6.45, 7) is 0.673. The van der Waals surface area contributed by atoms with Gasteiger partial charge in [-0.05, 0) is 18.2 Å². The molecule has 3 rings (SSSR count). The van der Waals surface area contributed by atoms with E-state index in [1.165, 1.54) is 29.8 Å². The summed E-state index contributed by atoms with van der Waals surface area (Å²) in [7, 11) is -0.710. The molecule has 0 aliphatic carbocycles. The molecule has 0 unspecified atom stereocenters. The summed E-state index contributed by atoms with van der Waals surface area (Å²) in [5.74, 6) is 1.19. The Morgan fingerprint density at radius 1 is 1.38 bits per heavy atom. The summed E-state index contributed by atoms with van der Waals surface area (Å²) in [5, 5.41) is 1.16. The van der Waals surface area contributed by atoms with Gasteiger partial charge in [0.25, 0.3) is 0 Å². The molecule has 6 nitrogen and oxygen atoms in total. The summed E-state index contributed by atoms with van der Waals surface area (Å²) in [6.07, 6.45) is 0. The molecule has 0 radical (unpaired) electrons. The molecule has 1 aromatic heterocycles. The number of halogens is 1. The van der Waals surface area contributed by atoms with Crippen LogP contribution in [-0.4, -0.2) is 53.1 Å². The number of rotatable bonds is 3. The van der Waals surface area contributed by atoms with E-state index < -0.39 is 10.2 Å². The summed E-state index contributed by atoms with van der Waals surface area (Å²) < 4.78 is 27.6. The maximum Gasteiger partial charge on any atom is 0.309 e. The Bertz CT molecular complexity index is 842. The quantitative estimate of drug-likeness (QED) is 0.852. The van der Waals surface area contributed by atoms with E-state index in [0.717, 1.165) is 10.1 Å². The van der Waals surface area contributed by atoms with E-state index in [2.05, 4.69) is 9.98 Å². The topological polar surface area (TPSA) is 67.6 Å². The van der Waals surface area contributed by atoms with Crippen LogP contribution in [0, 0.1) is 0 Å². The number of hydrogen-bond acceptors (Lipinski definition) is 5. The van der Waals surface area contributed by atoms with Crippen molar-refractivity contribution in [1.82, 2.24) is 13.3 Å². The highest BCUT2D eigenvalue weighted by Gasteiger charge is 2.28. The van der Waals surface area contributed by atoms with Crippen molar-refractivity contribution in [2.75, 3.05) is 26.4 Å². The van der Waals surface area contributed by atoms with Crippen molar-refractivity contribution in [3.63, 3.8) is 0 Å². The molecule has 0 amide bonds. The molecule has 0 saturated carbocycles. The first kappa shape index (κ1) is 14.8. The third-order valence-electron chi connectivity index (χ3n) is 3.04. The number of imidazole rings is 1. The van der Waals surface area contributed by atoms with E-state index in [-0.39, 0.29) is 0 Å². The molecule has 2 heterocycles. The average molecular weight is 345 g/mol.